The van der Waals surface area contributed by atoms with Crippen molar-refractivity contribution in [1.82, 2.24) is 9.97 Å². The normalized spacial score (nSPS) is 10.3. The predicted octanol–water partition coefficient (Wildman–Crippen LogP) is 2.20. The van der Waals surface area contributed by atoms with Crippen molar-refractivity contribution in [2.24, 2.45) is 0 Å². The second-order valence-corrected chi connectivity index (χ2v) is 4.76. The minimum Gasteiger partial charge on any atom is -0.385 e. The Labute approximate surface area is 130 Å². The molecule has 0 aliphatic rings. The summed E-state index contributed by atoms with van der Waals surface area (Å²) in [6, 6.07) is 9.43. The summed E-state index contributed by atoms with van der Waals surface area (Å²) in [7, 11) is 3.39. The molecule has 2 aromatic rings. The molecule has 0 spiro atoms. The lowest BCUT2D eigenvalue weighted by Gasteiger charge is -2.16. The first-order chi connectivity index (χ1) is 10.7. The van der Waals surface area contributed by atoms with E-state index < -0.39 is 0 Å². The SMILES string of the molecule is COCCCNc1cnc(C(=O)N(C)c2ccccc2)cn1. The van der Waals surface area contributed by atoms with Crippen LogP contribution in [0.25, 0.3) is 0 Å². The number of aromatic nitrogens is 2. The number of hydrogen-bond donors (Lipinski definition) is 1. The third-order valence-electron chi connectivity index (χ3n) is 3.15. The van der Waals surface area contributed by atoms with Gasteiger partial charge in [0.05, 0.1) is 12.4 Å². The molecule has 1 aromatic carbocycles. The van der Waals surface area contributed by atoms with Gasteiger partial charge in [0.25, 0.3) is 5.91 Å². The minimum absolute atomic E-state index is 0.190. The Bertz CT molecular complexity index is 587. The van der Waals surface area contributed by atoms with Gasteiger partial charge in [-0.05, 0) is 18.6 Å². The van der Waals surface area contributed by atoms with Crippen molar-refractivity contribution in [1.29, 1.82) is 0 Å². The third-order valence-corrected chi connectivity index (χ3v) is 3.15. The zero-order chi connectivity index (χ0) is 15.8. The Morgan fingerprint density at radius 1 is 1.23 bits per heavy atom. The molecule has 0 saturated heterocycles. The number of ether oxygens (including phenoxy) is 1. The van der Waals surface area contributed by atoms with Gasteiger partial charge in [0.1, 0.15) is 11.5 Å². The highest BCUT2D eigenvalue weighted by Crippen LogP contribution is 2.13. The van der Waals surface area contributed by atoms with Crippen molar-refractivity contribution in [3.8, 4) is 0 Å². The van der Waals surface area contributed by atoms with Crippen LogP contribution in [0.3, 0.4) is 0 Å². The van der Waals surface area contributed by atoms with E-state index in [2.05, 4.69) is 15.3 Å². The molecule has 0 fully saturated rings. The zero-order valence-corrected chi connectivity index (χ0v) is 12.8. The number of rotatable bonds is 7. The van der Waals surface area contributed by atoms with Crippen LogP contribution < -0.4 is 10.2 Å². The van der Waals surface area contributed by atoms with E-state index in [-0.39, 0.29) is 5.91 Å². The molecule has 0 radical (unpaired) electrons. The van der Waals surface area contributed by atoms with Crippen LogP contribution in [0.1, 0.15) is 16.9 Å². The van der Waals surface area contributed by atoms with Crippen molar-refractivity contribution in [3.63, 3.8) is 0 Å². The van der Waals surface area contributed by atoms with E-state index in [4.69, 9.17) is 4.74 Å². The summed E-state index contributed by atoms with van der Waals surface area (Å²) < 4.78 is 4.97. The Morgan fingerprint density at radius 2 is 2.00 bits per heavy atom. The van der Waals surface area contributed by atoms with Gasteiger partial charge in [0.2, 0.25) is 0 Å². The number of nitrogens with zero attached hydrogens (tertiary/aromatic N) is 3. The van der Waals surface area contributed by atoms with E-state index in [9.17, 15) is 4.79 Å². The summed E-state index contributed by atoms with van der Waals surface area (Å²) >= 11 is 0. The van der Waals surface area contributed by atoms with Crippen LogP contribution in [0.4, 0.5) is 11.5 Å². The van der Waals surface area contributed by atoms with E-state index in [1.165, 1.54) is 6.20 Å². The fourth-order valence-corrected chi connectivity index (χ4v) is 1.90. The molecular weight excluding hydrogens is 280 g/mol. The highest BCUT2D eigenvalue weighted by molar-refractivity contribution is 6.04. The molecule has 116 valence electrons. The molecular formula is C16H20N4O2. The molecule has 1 N–H and O–H groups in total. The maximum atomic E-state index is 12.3. The molecule has 1 amide bonds. The molecule has 0 aliphatic carbocycles. The number of para-hydroxylation sites is 1. The predicted molar refractivity (Wildman–Crippen MR) is 86.2 cm³/mol. The molecule has 0 atom stereocenters. The average Bonchev–Trinajstić information content (AvgIpc) is 2.59. The fraction of sp³-hybridized carbons (Fsp3) is 0.312. The number of hydrogen-bond acceptors (Lipinski definition) is 5. The van der Waals surface area contributed by atoms with Gasteiger partial charge in [-0.15, -0.1) is 0 Å². The van der Waals surface area contributed by atoms with Crippen LogP contribution in [0.5, 0.6) is 0 Å². The zero-order valence-electron chi connectivity index (χ0n) is 12.8. The first-order valence-corrected chi connectivity index (χ1v) is 7.10. The summed E-state index contributed by atoms with van der Waals surface area (Å²) in [5.41, 5.74) is 1.13. The summed E-state index contributed by atoms with van der Waals surface area (Å²) in [6.45, 7) is 1.44. The number of methoxy groups -OCH3 is 1. The van der Waals surface area contributed by atoms with Gasteiger partial charge in [-0.3, -0.25) is 4.79 Å². The Balaban J connectivity index is 1.96. The number of carbonyl (C=O) groups is 1. The molecule has 0 saturated carbocycles. The molecule has 1 aromatic heterocycles. The van der Waals surface area contributed by atoms with Gasteiger partial charge < -0.3 is 15.0 Å². The molecule has 6 heteroatoms. The summed E-state index contributed by atoms with van der Waals surface area (Å²) in [6.07, 6.45) is 3.94. The van der Waals surface area contributed by atoms with Crippen molar-refractivity contribution < 1.29 is 9.53 Å². The van der Waals surface area contributed by atoms with Gasteiger partial charge in [-0.25, -0.2) is 9.97 Å². The van der Waals surface area contributed by atoms with E-state index in [0.717, 1.165) is 18.7 Å². The van der Waals surface area contributed by atoms with Crippen molar-refractivity contribution in [2.45, 2.75) is 6.42 Å². The van der Waals surface area contributed by atoms with Crippen LogP contribution in [0.15, 0.2) is 42.7 Å². The fourth-order valence-electron chi connectivity index (χ4n) is 1.90. The average molecular weight is 300 g/mol. The van der Waals surface area contributed by atoms with E-state index in [1.807, 2.05) is 30.3 Å². The Kier molecular flexibility index (Phi) is 5.85. The first-order valence-electron chi connectivity index (χ1n) is 7.10. The summed E-state index contributed by atoms with van der Waals surface area (Å²) in [5, 5.41) is 3.13. The maximum absolute atomic E-state index is 12.3. The van der Waals surface area contributed by atoms with Crippen molar-refractivity contribution >= 4 is 17.4 Å². The lowest BCUT2D eigenvalue weighted by Crippen LogP contribution is -2.27. The Hall–Kier alpha value is -2.47. The van der Waals surface area contributed by atoms with Crippen molar-refractivity contribution in [3.05, 3.63) is 48.4 Å². The number of benzene rings is 1. The van der Waals surface area contributed by atoms with Gasteiger partial charge in [-0.1, -0.05) is 18.2 Å². The van der Waals surface area contributed by atoms with Crippen LogP contribution in [-0.4, -0.2) is 43.2 Å². The van der Waals surface area contributed by atoms with Crippen molar-refractivity contribution in [2.75, 3.05) is 37.5 Å². The van der Waals surface area contributed by atoms with Crippen LogP contribution in [0.2, 0.25) is 0 Å². The van der Waals surface area contributed by atoms with Gasteiger partial charge in [0, 0.05) is 33.0 Å². The molecule has 0 aliphatic heterocycles. The second-order valence-electron chi connectivity index (χ2n) is 4.76. The largest absolute Gasteiger partial charge is 0.385 e. The van der Waals surface area contributed by atoms with E-state index in [0.29, 0.717) is 18.1 Å². The Morgan fingerprint density at radius 3 is 2.64 bits per heavy atom. The standard InChI is InChI=1S/C16H20N4O2/c1-20(13-7-4-3-5-8-13)16(21)14-11-19-15(12-18-14)17-9-6-10-22-2/h3-5,7-8,11-12H,6,9-10H2,1-2H3,(H,17,19). The summed E-state index contributed by atoms with van der Waals surface area (Å²) in [4.78, 5) is 22.3. The second kappa shape index (κ2) is 8.09. The van der Waals surface area contributed by atoms with Gasteiger partial charge >= 0.3 is 0 Å². The molecule has 6 nitrogen and oxygen atoms in total. The van der Waals surface area contributed by atoms with Crippen LogP contribution >= 0.6 is 0 Å². The summed E-state index contributed by atoms with van der Waals surface area (Å²) in [5.74, 6) is 0.458. The van der Waals surface area contributed by atoms with Gasteiger partial charge in [0.15, 0.2) is 0 Å². The van der Waals surface area contributed by atoms with Crippen LogP contribution in [0, 0.1) is 0 Å². The lowest BCUT2D eigenvalue weighted by molar-refractivity contribution is 0.0988. The lowest BCUT2D eigenvalue weighted by atomic mass is 10.3. The van der Waals surface area contributed by atoms with E-state index in [1.54, 1.807) is 25.3 Å². The number of amides is 1. The molecule has 22 heavy (non-hydrogen) atoms. The number of carbonyl (C=O) groups excluding carboxylic acids is 1. The topological polar surface area (TPSA) is 67.3 Å². The molecule has 0 bridgehead atoms. The monoisotopic (exact) mass is 300 g/mol. The minimum atomic E-state index is -0.190. The van der Waals surface area contributed by atoms with Gasteiger partial charge in [-0.2, -0.15) is 0 Å². The first kappa shape index (κ1) is 15.9. The smallest absolute Gasteiger partial charge is 0.278 e. The number of anilines is 2. The highest BCUT2D eigenvalue weighted by Gasteiger charge is 2.14. The van der Waals surface area contributed by atoms with Crippen LogP contribution in [-0.2, 0) is 4.74 Å². The molecule has 1 heterocycles. The maximum Gasteiger partial charge on any atom is 0.278 e. The molecule has 0 unspecified atom stereocenters. The highest BCUT2D eigenvalue weighted by atomic mass is 16.5. The number of nitrogens with one attached hydrogen (secondary N) is 1. The quantitative estimate of drug-likeness (QED) is 0.794. The molecule has 2 rings (SSSR count). The van der Waals surface area contributed by atoms with E-state index >= 15 is 0 Å². The third kappa shape index (κ3) is 4.26.